The van der Waals surface area contributed by atoms with Crippen LogP contribution < -0.4 is 0 Å². The molecular weight excluding hydrogens is 281 g/mol. The lowest BCUT2D eigenvalue weighted by molar-refractivity contribution is 0.170. The summed E-state index contributed by atoms with van der Waals surface area (Å²) in [6.45, 7) is 2.80. The van der Waals surface area contributed by atoms with Crippen LogP contribution in [-0.2, 0) is 19.4 Å². The van der Waals surface area contributed by atoms with Gasteiger partial charge in [0.2, 0.25) is 0 Å². The molecule has 1 aromatic heterocycles. The molecule has 20 heavy (non-hydrogen) atoms. The number of rotatable bonds is 6. The van der Waals surface area contributed by atoms with Gasteiger partial charge >= 0.3 is 0 Å². The first-order valence-electron chi connectivity index (χ1n) is 6.59. The van der Waals surface area contributed by atoms with Crippen LogP contribution in [0.15, 0.2) is 24.5 Å². The lowest BCUT2D eigenvalue weighted by Gasteiger charge is -2.12. The average Bonchev–Trinajstić information content (AvgIpc) is 2.83. The van der Waals surface area contributed by atoms with E-state index in [1.165, 1.54) is 12.4 Å². The molecule has 0 aliphatic heterocycles. The summed E-state index contributed by atoms with van der Waals surface area (Å²) in [5.41, 5.74) is 0.409. The second-order valence-electron chi connectivity index (χ2n) is 4.67. The van der Waals surface area contributed by atoms with Crippen LogP contribution in [0.5, 0.6) is 0 Å². The highest BCUT2D eigenvalue weighted by Gasteiger charge is 2.15. The van der Waals surface area contributed by atoms with Gasteiger partial charge in [-0.1, -0.05) is 30.7 Å². The van der Waals surface area contributed by atoms with Crippen molar-refractivity contribution >= 4 is 11.6 Å². The molecule has 1 atom stereocenters. The minimum atomic E-state index is -0.720. The first-order valence-corrected chi connectivity index (χ1v) is 6.97. The van der Waals surface area contributed by atoms with E-state index in [0.29, 0.717) is 17.8 Å². The molecule has 0 fully saturated rings. The third-order valence-electron chi connectivity index (χ3n) is 3.04. The van der Waals surface area contributed by atoms with Gasteiger partial charge in [-0.3, -0.25) is 4.68 Å². The molecule has 2 rings (SSSR count). The number of hydrogen-bond acceptors (Lipinski definition) is 3. The zero-order valence-electron chi connectivity index (χ0n) is 11.3. The first kappa shape index (κ1) is 14.9. The maximum atomic E-state index is 13.8. The van der Waals surface area contributed by atoms with E-state index >= 15 is 0 Å². The minimum absolute atomic E-state index is 0.0730. The van der Waals surface area contributed by atoms with Gasteiger partial charge in [0.25, 0.3) is 0 Å². The highest BCUT2D eigenvalue weighted by atomic mass is 35.5. The van der Waals surface area contributed by atoms with Crippen molar-refractivity contribution in [1.29, 1.82) is 0 Å². The van der Waals surface area contributed by atoms with Crippen molar-refractivity contribution in [3.05, 3.63) is 46.8 Å². The van der Waals surface area contributed by atoms with Crippen molar-refractivity contribution in [2.45, 2.75) is 38.8 Å². The lowest BCUT2D eigenvalue weighted by atomic mass is 10.0. The molecule has 1 heterocycles. The predicted molar refractivity (Wildman–Crippen MR) is 75.1 cm³/mol. The summed E-state index contributed by atoms with van der Waals surface area (Å²) in [6.07, 6.45) is 2.23. The largest absolute Gasteiger partial charge is 0.392 e. The van der Waals surface area contributed by atoms with Gasteiger partial charge in [0.1, 0.15) is 18.0 Å². The number of nitrogens with zero attached hydrogens (tertiary/aromatic N) is 3. The Morgan fingerprint density at radius 2 is 2.20 bits per heavy atom. The number of aryl methyl sites for hydroxylation is 1. The van der Waals surface area contributed by atoms with E-state index in [-0.39, 0.29) is 11.4 Å². The van der Waals surface area contributed by atoms with Gasteiger partial charge in [0.05, 0.1) is 11.1 Å². The Hall–Kier alpha value is -1.46. The van der Waals surface area contributed by atoms with E-state index < -0.39 is 11.9 Å². The number of benzene rings is 1. The Labute approximate surface area is 122 Å². The first-order chi connectivity index (χ1) is 9.61. The van der Waals surface area contributed by atoms with Crippen LogP contribution in [0.2, 0.25) is 5.02 Å². The van der Waals surface area contributed by atoms with Gasteiger partial charge in [0.15, 0.2) is 0 Å². The summed E-state index contributed by atoms with van der Waals surface area (Å²) in [6, 6.07) is 4.79. The summed E-state index contributed by atoms with van der Waals surface area (Å²) in [4.78, 5) is 4.13. The highest BCUT2D eigenvalue weighted by Crippen LogP contribution is 2.19. The van der Waals surface area contributed by atoms with Crippen LogP contribution >= 0.6 is 11.6 Å². The second kappa shape index (κ2) is 6.81. The molecule has 2 aromatic rings. The fourth-order valence-corrected chi connectivity index (χ4v) is 2.28. The van der Waals surface area contributed by atoms with E-state index in [0.717, 1.165) is 13.0 Å². The number of halogens is 2. The number of hydrogen-bond donors (Lipinski definition) is 1. The summed E-state index contributed by atoms with van der Waals surface area (Å²) in [7, 11) is 0. The molecule has 108 valence electrons. The quantitative estimate of drug-likeness (QED) is 0.892. The summed E-state index contributed by atoms with van der Waals surface area (Å²) in [5.74, 6) is 0.241. The van der Waals surface area contributed by atoms with Gasteiger partial charge in [-0.2, -0.15) is 5.10 Å². The summed E-state index contributed by atoms with van der Waals surface area (Å²) >= 11 is 5.72. The molecule has 0 radical (unpaired) electrons. The van der Waals surface area contributed by atoms with E-state index in [1.807, 2.05) is 6.92 Å². The Morgan fingerprint density at radius 3 is 2.95 bits per heavy atom. The molecule has 4 nitrogen and oxygen atoms in total. The smallest absolute Gasteiger partial charge is 0.145 e. The molecule has 1 aromatic carbocycles. The molecule has 0 aliphatic carbocycles. The molecule has 0 amide bonds. The Kier molecular flexibility index (Phi) is 5.09. The van der Waals surface area contributed by atoms with Gasteiger partial charge in [0, 0.05) is 19.4 Å². The van der Waals surface area contributed by atoms with Crippen molar-refractivity contribution in [1.82, 2.24) is 14.8 Å². The fraction of sp³-hybridized carbons (Fsp3) is 0.429. The molecule has 0 bridgehead atoms. The number of aliphatic hydroxyl groups excluding tert-OH is 1. The van der Waals surface area contributed by atoms with Crippen LogP contribution in [0, 0.1) is 5.82 Å². The van der Waals surface area contributed by atoms with Gasteiger partial charge in [-0.25, -0.2) is 9.37 Å². The standard InChI is InChI=1S/C14H17ClFN3O/c1-2-6-19-13(17-9-18-19)8-11(20)7-10-4-3-5-12(15)14(10)16/h3-5,9,11,20H,2,6-8H2,1H3. The van der Waals surface area contributed by atoms with Crippen LogP contribution in [-0.4, -0.2) is 26.0 Å². The lowest BCUT2D eigenvalue weighted by Crippen LogP contribution is -2.18. The molecule has 1 unspecified atom stereocenters. The van der Waals surface area contributed by atoms with Crippen LogP contribution in [0.3, 0.4) is 0 Å². The summed E-state index contributed by atoms with van der Waals surface area (Å²) in [5, 5.41) is 14.3. The molecular formula is C14H17ClFN3O. The number of aromatic nitrogens is 3. The zero-order chi connectivity index (χ0) is 14.5. The predicted octanol–water partition coefficient (Wildman–Crippen LogP) is 2.63. The SMILES string of the molecule is CCCn1ncnc1CC(O)Cc1cccc(Cl)c1F. The van der Waals surface area contributed by atoms with Gasteiger partial charge < -0.3 is 5.11 Å². The zero-order valence-corrected chi connectivity index (χ0v) is 12.0. The van der Waals surface area contributed by atoms with Crippen LogP contribution in [0.25, 0.3) is 0 Å². The molecule has 0 spiro atoms. The van der Waals surface area contributed by atoms with Crippen molar-refractivity contribution in [3.63, 3.8) is 0 Å². The molecule has 0 saturated carbocycles. The maximum Gasteiger partial charge on any atom is 0.145 e. The summed E-state index contributed by atoms with van der Waals surface area (Å²) < 4.78 is 15.5. The van der Waals surface area contributed by atoms with Crippen molar-refractivity contribution in [2.24, 2.45) is 0 Å². The van der Waals surface area contributed by atoms with Crippen molar-refractivity contribution < 1.29 is 9.50 Å². The van der Waals surface area contributed by atoms with Gasteiger partial charge in [-0.05, 0) is 18.1 Å². The van der Waals surface area contributed by atoms with Crippen LogP contribution in [0.4, 0.5) is 4.39 Å². The third-order valence-corrected chi connectivity index (χ3v) is 3.33. The highest BCUT2D eigenvalue weighted by molar-refractivity contribution is 6.30. The van der Waals surface area contributed by atoms with Gasteiger partial charge in [-0.15, -0.1) is 0 Å². The molecule has 0 saturated heterocycles. The second-order valence-corrected chi connectivity index (χ2v) is 5.08. The van der Waals surface area contributed by atoms with Crippen molar-refractivity contribution in [3.8, 4) is 0 Å². The fourth-order valence-electron chi connectivity index (χ4n) is 2.09. The normalized spacial score (nSPS) is 12.6. The average molecular weight is 298 g/mol. The third kappa shape index (κ3) is 3.55. The maximum absolute atomic E-state index is 13.8. The topological polar surface area (TPSA) is 50.9 Å². The number of aliphatic hydroxyl groups is 1. The van der Waals surface area contributed by atoms with E-state index in [4.69, 9.17) is 11.6 Å². The van der Waals surface area contributed by atoms with Crippen molar-refractivity contribution in [2.75, 3.05) is 0 Å². The van der Waals surface area contributed by atoms with E-state index in [2.05, 4.69) is 10.1 Å². The Morgan fingerprint density at radius 1 is 1.40 bits per heavy atom. The molecule has 6 heteroatoms. The van der Waals surface area contributed by atoms with E-state index in [9.17, 15) is 9.50 Å². The molecule has 1 N–H and O–H groups in total. The Balaban J connectivity index is 2.03. The molecule has 0 aliphatic rings. The van der Waals surface area contributed by atoms with E-state index in [1.54, 1.807) is 16.8 Å². The minimum Gasteiger partial charge on any atom is -0.392 e. The Bertz CT molecular complexity index is 573. The van der Waals surface area contributed by atoms with Crippen LogP contribution in [0.1, 0.15) is 24.7 Å². The monoisotopic (exact) mass is 297 g/mol.